The molecule has 0 atom stereocenters. The van der Waals surface area contributed by atoms with Gasteiger partial charge in [-0.3, -0.25) is 0 Å². The Morgan fingerprint density at radius 1 is 0.880 bits per heavy atom. The summed E-state index contributed by atoms with van der Waals surface area (Å²) in [4.78, 5) is 13.9. The van der Waals surface area contributed by atoms with Gasteiger partial charge in [0.1, 0.15) is 11.6 Å². The second-order valence-electron chi connectivity index (χ2n) is 8.83. The Balaban J connectivity index is 2.33. The Morgan fingerprint density at radius 3 is 2.08 bits per heavy atom. The molecule has 0 unspecified atom stereocenters. The van der Waals surface area contributed by atoms with Crippen molar-refractivity contribution in [3.8, 4) is 0 Å². The Hall–Kier alpha value is -2.17. The van der Waals surface area contributed by atoms with Gasteiger partial charge in [-0.05, 0) is 39.0 Å². The van der Waals surface area contributed by atoms with Gasteiger partial charge in [-0.1, -0.05) is 40.7 Å². The van der Waals surface area contributed by atoms with Gasteiger partial charge in [-0.25, -0.2) is 4.98 Å². The molecule has 5 heteroatoms. The van der Waals surface area contributed by atoms with Gasteiger partial charge >= 0.3 is 0 Å². The lowest BCUT2D eigenvalue weighted by atomic mass is 9.95. The van der Waals surface area contributed by atoms with E-state index in [1.807, 2.05) is 12.1 Å². The second-order valence-corrected chi connectivity index (χ2v) is 8.83. The summed E-state index contributed by atoms with van der Waals surface area (Å²) in [7, 11) is 0. The maximum absolute atomic E-state index is 4.64. The maximum atomic E-state index is 4.64. The smallest absolute Gasteiger partial charge is 0.230 e. The number of nitrogens with zero attached hydrogens (tertiary/aromatic N) is 3. The standard InChI is InChI=1S/C20H31N5/c1-13(2)16-22-17(19(3,4)5)24-18(23-16)21-14-10-9-11-15(12-14)25-20(6,7)8/h9-13,25H,1-8H3,(H,21,22,23,24). The Bertz CT molecular complexity index is 724. The van der Waals surface area contributed by atoms with Crippen LogP contribution in [0.1, 0.15) is 73.0 Å². The van der Waals surface area contributed by atoms with Crippen LogP contribution in [-0.2, 0) is 5.41 Å². The summed E-state index contributed by atoms with van der Waals surface area (Å²) in [6.07, 6.45) is 0. The van der Waals surface area contributed by atoms with Crippen LogP contribution in [0.5, 0.6) is 0 Å². The lowest BCUT2D eigenvalue weighted by Crippen LogP contribution is -2.25. The predicted octanol–water partition coefficient (Wildman–Crippen LogP) is 5.25. The van der Waals surface area contributed by atoms with E-state index in [2.05, 4.69) is 93.1 Å². The molecule has 0 aliphatic carbocycles. The predicted molar refractivity (Wildman–Crippen MR) is 106 cm³/mol. The molecule has 136 valence electrons. The first-order valence-corrected chi connectivity index (χ1v) is 8.86. The molecule has 0 saturated carbocycles. The number of hydrogen-bond donors (Lipinski definition) is 2. The minimum absolute atomic E-state index is 0.00993. The molecule has 0 fully saturated rings. The molecule has 5 nitrogen and oxygen atoms in total. The van der Waals surface area contributed by atoms with E-state index >= 15 is 0 Å². The summed E-state index contributed by atoms with van der Waals surface area (Å²) in [5.74, 6) is 2.46. The average Bonchev–Trinajstić information content (AvgIpc) is 2.44. The van der Waals surface area contributed by atoms with E-state index in [1.165, 1.54) is 0 Å². The number of benzene rings is 1. The van der Waals surface area contributed by atoms with Crippen molar-refractivity contribution in [1.29, 1.82) is 0 Å². The Kier molecular flexibility index (Phi) is 5.35. The molecule has 2 rings (SSSR count). The van der Waals surface area contributed by atoms with Gasteiger partial charge in [-0.15, -0.1) is 0 Å². The van der Waals surface area contributed by atoms with Crippen LogP contribution < -0.4 is 10.6 Å². The lowest BCUT2D eigenvalue weighted by molar-refractivity contribution is 0.533. The van der Waals surface area contributed by atoms with Crippen LogP contribution in [0.15, 0.2) is 24.3 Å². The maximum Gasteiger partial charge on any atom is 0.230 e. The first kappa shape index (κ1) is 19.2. The monoisotopic (exact) mass is 341 g/mol. The molecular weight excluding hydrogens is 310 g/mol. The van der Waals surface area contributed by atoms with Crippen LogP contribution in [0.2, 0.25) is 0 Å². The van der Waals surface area contributed by atoms with E-state index in [4.69, 9.17) is 0 Å². The first-order valence-electron chi connectivity index (χ1n) is 8.86. The molecule has 2 N–H and O–H groups in total. The summed E-state index contributed by atoms with van der Waals surface area (Å²) in [6.45, 7) is 17.0. The number of aromatic nitrogens is 3. The second kappa shape index (κ2) is 6.98. The summed E-state index contributed by atoms with van der Waals surface area (Å²) in [5.41, 5.74) is 1.90. The fourth-order valence-corrected chi connectivity index (χ4v) is 2.28. The fraction of sp³-hybridized carbons (Fsp3) is 0.550. The van der Waals surface area contributed by atoms with Crippen molar-refractivity contribution < 1.29 is 0 Å². The highest BCUT2D eigenvalue weighted by atomic mass is 15.2. The van der Waals surface area contributed by atoms with E-state index in [0.29, 0.717) is 5.95 Å². The zero-order valence-electron chi connectivity index (χ0n) is 16.7. The van der Waals surface area contributed by atoms with Gasteiger partial charge in [0, 0.05) is 28.2 Å². The molecule has 1 heterocycles. The fourth-order valence-electron chi connectivity index (χ4n) is 2.28. The first-order chi connectivity index (χ1) is 11.4. The van der Waals surface area contributed by atoms with Gasteiger partial charge < -0.3 is 10.6 Å². The van der Waals surface area contributed by atoms with Crippen LogP contribution in [0.3, 0.4) is 0 Å². The number of anilines is 3. The summed E-state index contributed by atoms with van der Waals surface area (Å²) >= 11 is 0. The van der Waals surface area contributed by atoms with E-state index in [0.717, 1.165) is 23.0 Å². The highest BCUT2D eigenvalue weighted by molar-refractivity contribution is 5.61. The van der Waals surface area contributed by atoms with Crippen molar-refractivity contribution in [2.24, 2.45) is 0 Å². The SMILES string of the molecule is CC(C)c1nc(Nc2cccc(NC(C)(C)C)c2)nc(C(C)(C)C)n1. The van der Waals surface area contributed by atoms with E-state index < -0.39 is 0 Å². The van der Waals surface area contributed by atoms with Crippen molar-refractivity contribution in [1.82, 2.24) is 15.0 Å². The zero-order valence-corrected chi connectivity index (χ0v) is 16.7. The molecule has 0 amide bonds. The van der Waals surface area contributed by atoms with E-state index in [-0.39, 0.29) is 16.9 Å². The zero-order chi connectivity index (χ0) is 18.8. The van der Waals surface area contributed by atoms with Crippen LogP contribution >= 0.6 is 0 Å². The molecule has 0 spiro atoms. The molecular formula is C20H31N5. The molecule has 0 saturated heterocycles. The van der Waals surface area contributed by atoms with Gasteiger partial charge in [-0.2, -0.15) is 9.97 Å². The topological polar surface area (TPSA) is 62.7 Å². The summed E-state index contributed by atoms with van der Waals surface area (Å²) < 4.78 is 0. The minimum atomic E-state index is -0.126. The minimum Gasteiger partial charge on any atom is -0.380 e. The van der Waals surface area contributed by atoms with E-state index in [9.17, 15) is 0 Å². The Labute approximate surface area is 151 Å². The normalized spacial score (nSPS) is 12.4. The van der Waals surface area contributed by atoms with Gasteiger partial charge in [0.05, 0.1) is 0 Å². The summed E-state index contributed by atoms with van der Waals surface area (Å²) in [5, 5.41) is 6.82. The van der Waals surface area contributed by atoms with Crippen LogP contribution in [-0.4, -0.2) is 20.5 Å². The molecule has 2 aromatic rings. The third-order valence-electron chi connectivity index (χ3n) is 3.48. The van der Waals surface area contributed by atoms with Crippen LogP contribution in [0, 0.1) is 0 Å². The highest BCUT2D eigenvalue weighted by Gasteiger charge is 2.21. The molecule has 0 aliphatic heterocycles. The number of hydrogen-bond acceptors (Lipinski definition) is 5. The molecule has 25 heavy (non-hydrogen) atoms. The van der Waals surface area contributed by atoms with Crippen LogP contribution in [0.4, 0.5) is 17.3 Å². The molecule has 0 radical (unpaired) electrons. The average molecular weight is 342 g/mol. The molecule has 1 aromatic heterocycles. The molecule has 0 aliphatic rings. The molecule has 1 aromatic carbocycles. The summed E-state index contributed by atoms with van der Waals surface area (Å²) in [6, 6.07) is 8.17. The third-order valence-corrected chi connectivity index (χ3v) is 3.48. The molecule has 0 bridgehead atoms. The van der Waals surface area contributed by atoms with Crippen molar-refractivity contribution in [3.05, 3.63) is 35.9 Å². The van der Waals surface area contributed by atoms with Crippen LogP contribution in [0.25, 0.3) is 0 Å². The van der Waals surface area contributed by atoms with Crippen molar-refractivity contribution in [2.45, 2.75) is 72.3 Å². The van der Waals surface area contributed by atoms with Crippen molar-refractivity contribution in [3.63, 3.8) is 0 Å². The lowest BCUT2D eigenvalue weighted by Gasteiger charge is -2.22. The van der Waals surface area contributed by atoms with Gasteiger partial charge in [0.25, 0.3) is 0 Å². The van der Waals surface area contributed by atoms with E-state index in [1.54, 1.807) is 0 Å². The number of rotatable bonds is 4. The van der Waals surface area contributed by atoms with Crippen molar-refractivity contribution in [2.75, 3.05) is 10.6 Å². The van der Waals surface area contributed by atoms with Gasteiger partial charge in [0.2, 0.25) is 5.95 Å². The quantitative estimate of drug-likeness (QED) is 0.795. The Morgan fingerprint density at radius 2 is 1.52 bits per heavy atom. The van der Waals surface area contributed by atoms with Crippen molar-refractivity contribution >= 4 is 17.3 Å². The highest BCUT2D eigenvalue weighted by Crippen LogP contribution is 2.24. The third kappa shape index (κ3) is 5.69. The van der Waals surface area contributed by atoms with Gasteiger partial charge in [0.15, 0.2) is 0 Å². The number of nitrogens with one attached hydrogen (secondary N) is 2. The largest absolute Gasteiger partial charge is 0.380 e.